The van der Waals surface area contributed by atoms with Crippen molar-refractivity contribution in [3.63, 3.8) is 0 Å². The van der Waals surface area contributed by atoms with Crippen molar-refractivity contribution in [2.75, 3.05) is 11.9 Å². The lowest BCUT2D eigenvalue weighted by molar-refractivity contribution is 0.127. The van der Waals surface area contributed by atoms with Crippen LogP contribution in [-0.4, -0.2) is 28.8 Å². The molecule has 116 valence electrons. The van der Waals surface area contributed by atoms with Crippen LogP contribution in [0.15, 0.2) is 36.7 Å². The molecule has 1 aromatic carbocycles. The molecule has 0 amide bonds. The van der Waals surface area contributed by atoms with Gasteiger partial charge in [0, 0.05) is 31.4 Å². The lowest BCUT2D eigenvalue weighted by Gasteiger charge is -2.29. The molecule has 3 rings (SSSR count). The van der Waals surface area contributed by atoms with E-state index in [1.807, 2.05) is 0 Å². The van der Waals surface area contributed by atoms with Gasteiger partial charge in [-0.05, 0) is 43.2 Å². The van der Waals surface area contributed by atoms with E-state index in [9.17, 15) is 4.39 Å². The molecule has 0 aliphatic carbocycles. The van der Waals surface area contributed by atoms with E-state index in [1.165, 1.54) is 6.07 Å². The molecule has 6 heteroatoms. The maximum Gasteiger partial charge on any atom is 0.222 e. The van der Waals surface area contributed by atoms with E-state index in [0.717, 1.165) is 24.2 Å². The molecule has 2 atom stereocenters. The molecule has 0 radical (unpaired) electrons. The molecule has 1 aromatic heterocycles. The predicted molar refractivity (Wildman–Crippen MR) is 82.3 cm³/mol. The van der Waals surface area contributed by atoms with Crippen LogP contribution in [0.1, 0.15) is 18.9 Å². The van der Waals surface area contributed by atoms with Crippen molar-refractivity contribution in [2.24, 2.45) is 0 Å². The Morgan fingerprint density at radius 3 is 3.00 bits per heavy atom. The van der Waals surface area contributed by atoms with Crippen LogP contribution in [0.5, 0.6) is 5.75 Å². The molecular weight excluding hydrogens is 283 g/mol. The Hall–Kier alpha value is -2.21. The zero-order chi connectivity index (χ0) is 15.4. The average molecular weight is 302 g/mol. The highest BCUT2D eigenvalue weighted by Crippen LogP contribution is 2.27. The molecule has 1 aliphatic rings. The van der Waals surface area contributed by atoms with E-state index < -0.39 is 0 Å². The number of aromatic nitrogens is 2. The summed E-state index contributed by atoms with van der Waals surface area (Å²) in [7, 11) is 0. The van der Waals surface area contributed by atoms with Crippen molar-refractivity contribution < 1.29 is 9.13 Å². The van der Waals surface area contributed by atoms with Gasteiger partial charge in [0.15, 0.2) is 6.23 Å². The molecule has 1 aliphatic heterocycles. The molecule has 22 heavy (non-hydrogen) atoms. The number of halogens is 1. The summed E-state index contributed by atoms with van der Waals surface area (Å²) in [5.74, 6) is 1.16. The largest absolute Gasteiger partial charge is 0.475 e. The molecular formula is C16H19FN4O. The minimum atomic E-state index is -0.214. The highest BCUT2D eigenvalue weighted by Gasteiger charge is 2.21. The monoisotopic (exact) mass is 302 g/mol. The fraction of sp³-hybridized carbons (Fsp3) is 0.375. The zero-order valence-corrected chi connectivity index (χ0v) is 12.4. The lowest BCUT2D eigenvalue weighted by atomic mass is 10.0. The van der Waals surface area contributed by atoms with E-state index >= 15 is 0 Å². The van der Waals surface area contributed by atoms with Gasteiger partial charge >= 0.3 is 0 Å². The maximum atomic E-state index is 13.2. The Bertz CT molecular complexity index is 623. The first kappa shape index (κ1) is 14.7. The number of anilines is 1. The summed E-state index contributed by atoms with van der Waals surface area (Å²) in [6, 6.07) is 6.64. The third-order valence-corrected chi connectivity index (χ3v) is 3.57. The zero-order valence-electron chi connectivity index (χ0n) is 12.4. The van der Waals surface area contributed by atoms with Crippen LogP contribution in [-0.2, 0) is 6.42 Å². The third-order valence-electron chi connectivity index (χ3n) is 3.57. The maximum absolute atomic E-state index is 13.2. The minimum Gasteiger partial charge on any atom is -0.475 e. The fourth-order valence-corrected chi connectivity index (χ4v) is 2.49. The molecule has 1 unspecified atom stereocenters. The summed E-state index contributed by atoms with van der Waals surface area (Å²) in [5, 5.41) is 6.58. The highest BCUT2D eigenvalue weighted by molar-refractivity contribution is 5.35. The standard InChI is InChI=1S/C16H19FN4O/c1-11(10-20-16-18-7-2-8-19-16)21-15-6-3-12-9-13(17)4-5-14(12)22-15/h2,4-5,7-9,11,15,21H,3,6,10H2,1H3,(H,18,19,20)/t11?,15-/m1/s1. The quantitative estimate of drug-likeness (QED) is 0.888. The predicted octanol–water partition coefficient (Wildman–Crippen LogP) is 2.36. The topological polar surface area (TPSA) is 59.1 Å². The first-order valence-electron chi connectivity index (χ1n) is 7.43. The van der Waals surface area contributed by atoms with Gasteiger partial charge in [-0.15, -0.1) is 0 Å². The van der Waals surface area contributed by atoms with E-state index in [0.29, 0.717) is 12.5 Å². The van der Waals surface area contributed by atoms with Crippen LogP contribution in [0, 0.1) is 5.82 Å². The van der Waals surface area contributed by atoms with Crippen LogP contribution in [0.4, 0.5) is 10.3 Å². The molecule has 0 fully saturated rings. The summed E-state index contributed by atoms with van der Waals surface area (Å²) < 4.78 is 19.0. The van der Waals surface area contributed by atoms with Crippen molar-refractivity contribution in [3.8, 4) is 5.75 Å². The van der Waals surface area contributed by atoms with Crippen LogP contribution in [0.25, 0.3) is 0 Å². The van der Waals surface area contributed by atoms with Crippen molar-refractivity contribution in [1.82, 2.24) is 15.3 Å². The van der Waals surface area contributed by atoms with Gasteiger partial charge in [-0.3, -0.25) is 5.32 Å². The summed E-state index contributed by atoms with van der Waals surface area (Å²) in [6.45, 7) is 2.76. The Kier molecular flexibility index (Phi) is 4.48. The average Bonchev–Trinajstić information content (AvgIpc) is 2.54. The van der Waals surface area contributed by atoms with Gasteiger partial charge in [0.2, 0.25) is 5.95 Å². The summed E-state index contributed by atoms with van der Waals surface area (Å²) in [5.41, 5.74) is 0.932. The minimum absolute atomic E-state index is 0.0635. The van der Waals surface area contributed by atoms with Gasteiger partial charge in [-0.1, -0.05) is 0 Å². The van der Waals surface area contributed by atoms with Crippen LogP contribution in [0.3, 0.4) is 0 Å². The first-order chi connectivity index (χ1) is 10.7. The number of rotatable bonds is 5. The summed E-state index contributed by atoms with van der Waals surface area (Å²) >= 11 is 0. The van der Waals surface area contributed by atoms with Crippen LogP contribution >= 0.6 is 0 Å². The van der Waals surface area contributed by atoms with Gasteiger partial charge in [0.05, 0.1) is 0 Å². The Morgan fingerprint density at radius 2 is 2.18 bits per heavy atom. The molecule has 0 bridgehead atoms. The number of nitrogens with one attached hydrogen (secondary N) is 2. The van der Waals surface area contributed by atoms with Crippen molar-refractivity contribution in [3.05, 3.63) is 48.0 Å². The van der Waals surface area contributed by atoms with E-state index in [2.05, 4.69) is 27.5 Å². The molecule has 2 aromatic rings. The summed E-state index contributed by atoms with van der Waals surface area (Å²) in [6.07, 6.45) is 4.98. The number of aryl methyl sites for hydroxylation is 1. The second-order valence-corrected chi connectivity index (χ2v) is 5.42. The molecule has 2 N–H and O–H groups in total. The first-order valence-corrected chi connectivity index (χ1v) is 7.43. The Morgan fingerprint density at radius 1 is 1.36 bits per heavy atom. The smallest absolute Gasteiger partial charge is 0.222 e. The van der Waals surface area contributed by atoms with Crippen molar-refractivity contribution in [1.29, 1.82) is 0 Å². The van der Waals surface area contributed by atoms with Gasteiger partial charge in [-0.25, -0.2) is 14.4 Å². The Labute approximate surface area is 128 Å². The van der Waals surface area contributed by atoms with E-state index in [1.54, 1.807) is 30.6 Å². The molecule has 0 saturated heterocycles. The number of benzene rings is 1. The fourth-order valence-electron chi connectivity index (χ4n) is 2.49. The number of ether oxygens (including phenoxy) is 1. The highest BCUT2D eigenvalue weighted by atomic mass is 19.1. The number of hydrogen-bond acceptors (Lipinski definition) is 5. The second-order valence-electron chi connectivity index (χ2n) is 5.42. The van der Waals surface area contributed by atoms with Crippen molar-refractivity contribution in [2.45, 2.75) is 32.0 Å². The normalized spacial score (nSPS) is 18.2. The SMILES string of the molecule is CC(CNc1ncccn1)N[C@H]1CCc2cc(F)ccc2O1. The molecule has 2 heterocycles. The Balaban J connectivity index is 1.50. The third kappa shape index (κ3) is 3.71. The van der Waals surface area contributed by atoms with Gasteiger partial charge in [0.25, 0.3) is 0 Å². The molecule has 0 saturated carbocycles. The number of nitrogens with zero attached hydrogens (tertiary/aromatic N) is 2. The summed E-state index contributed by atoms with van der Waals surface area (Å²) in [4.78, 5) is 8.24. The van der Waals surface area contributed by atoms with Gasteiger partial charge in [0.1, 0.15) is 11.6 Å². The number of fused-ring (bicyclic) bond motifs is 1. The molecule has 5 nitrogen and oxygen atoms in total. The van der Waals surface area contributed by atoms with E-state index in [-0.39, 0.29) is 18.1 Å². The van der Waals surface area contributed by atoms with Gasteiger partial charge < -0.3 is 10.1 Å². The van der Waals surface area contributed by atoms with Crippen molar-refractivity contribution >= 4 is 5.95 Å². The van der Waals surface area contributed by atoms with Crippen LogP contribution in [0.2, 0.25) is 0 Å². The van der Waals surface area contributed by atoms with Crippen LogP contribution < -0.4 is 15.4 Å². The van der Waals surface area contributed by atoms with E-state index in [4.69, 9.17) is 4.74 Å². The second kappa shape index (κ2) is 6.70. The number of hydrogen-bond donors (Lipinski definition) is 2. The molecule has 0 spiro atoms. The van der Waals surface area contributed by atoms with Gasteiger partial charge in [-0.2, -0.15) is 0 Å². The lowest BCUT2D eigenvalue weighted by Crippen LogP contribution is -2.45.